The molecule has 0 spiro atoms. The minimum Gasteiger partial charge on any atom is -0.463 e. The summed E-state index contributed by atoms with van der Waals surface area (Å²) in [5.74, 6) is 0.405. The van der Waals surface area contributed by atoms with Crippen molar-refractivity contribution in [1.82, 2.24) is 15.3 Å². The second-order valence-electron chi connectivity index (χ2n) is 4.24. The lowest BCUT2D eigenvalue weighted by Crippen LogP contribution is -2.57. The Bertz CT molecular complexity index is 420. The van der Waals surface area contributed by atoms with Gasteiger partial charge >= 0.3 is 5.97 Å². The molecule has 0 bridgehead atoms. The molecule has 0 saturated carbocycles. The van der Waals surface area contributed by atoms with Gasteiger partial charge < -0.3 is 15.0 Å². The predicted octanol–water partition coefficient (Wildman–Crippen LogP) is 0.451. The third-order valence-electron chi connectivity index (χ3n) is 2.97. The number of nitrogens with zero attached hydrogens (tertiary/aromatic N) is 3. The number of aromatic nitrogens is 2. The number of nitrogens with one attached hydrogen (secondary N) is 1. The van der Waals surface area contributed by atoms with Gasteiger partial charge in [0.25, 0.3) is 0 Å². The normalized spacial score (nSPS) is 15.0. The Morgan fingerprint density at radius 2 is 2.39 bits per heavy atom. The molecule has 1 aromatic heterocycles. The van der Waals surface area contributed by atoms with E-state index in [2.05, 4.69) is 31.8 Å². The number of anilines is 1. The van der Waals surface area contributed by atoms with Crippen LogP contribution in [0.3, 0.4) is 0 Å². The summed E-state index contributed by atoms with van der Waals surface area (Å²) in [5.41, 5.74) is 0. The minimum atomic E-state index is -0.500. The van der Waals surface area contributed by atoms with Crippen molar-refractivity contribution in [3.63, 3.8) is 0 Å². The third kappa shape index (κ3) is 2.59. The Balaban J connectivity index is 2.21. The fourth-order valence-corrected chi connectivity index (χ4v) is 1.92. The molecule has 6 heteroatoms. The molecule has 98 valence electrons. The minimum absolute atomic E-state index is 0.114. The predicted molar refractivity (Wildman–Crippen MR) is 67.7 cm³/mol. The Morgan fingerprint density at radius 3 is 2.94 bits per heavy atom. The van der Waals surface area contributed by atoms with E-state index in [1.165, 1.54) is 7.11 Å². The molecule has 0 atom stereocenters. The third-order valence-corrected chi connectivity index (χ3v) is 2.97. The lowest BCUT2D eigenvalue weighted by molar-refractivity contribution is 0.0586. The maximum absolute atomic E-state index is 11.4. The molecule has 1 fully saturated rings. The molecule has 0 radical (unpaired) electrons. The molecule has 18 heavy (non-hydrogen) atoms. The Morgan fingerprint density at radius 1 is 1.61 bits per heavy atom. The molecular formula is C12H18N4O2. The molecular weight excluding hydrogens is 232 g/mol. The van der Waals surface area contributed by atoms with Gasteiger partial charge in [-0.1, -0.05) is 6.92 Å². The van der Waals surface area contributed by atoms with E-state index in [-0.39, 0.29) is 5.82 Å². The maximum Gasteiger partial charge on any atom is 0.376 e. The van der Waals surface area contributed by atoms with E-state index in [9.17, 15) is 4.79 Å². The van der Waals surface area contributed by atoms with Crippen LogP contribution in [0.2, 0.25) is 0 Å². The van der Waals surface area contributed by atoms with E-state index < -0.39 is 5.97 Å². The zero-order valence-corrected chi connectivity index (χ0v) is 10.7. The molecule has 1 saturated heterocycles. The first-order valence-electron chi connectivity index (χ1n) is 6.15. The first kappa shape index (κ1) is 12.8. The van der Waals surface area contributed by atoms with Crippen LogP contribution in [0.15, 0.2) is 12.3 Å². The Hall–Kier alpha value is -1.69. The monoisotopic (exact) mass is 250 g/mol. The molecule has 2 rings (SSSR count). The molecule has 0 unspecified atom stereocenters. The van der Waals surface area contributed by atoms with Crippen molar-refractivity contribution in [2.75, 3.05) is 31.6 Å². The molecule has 1 aliphatic heterocycles. The van der Waals surface area contributed by atoms with Crippen molar-refractivity contribution in [3.05, 3.63) is 18.1 Å². The smallest absolute Gasteiger partial charge is 0.376 e. The van der Waals surface area contributed by atoms with Crippen LogP contribution >= 0.6 is 0 Å². The van der Waals surface area contributed by atoms with Crippen LogP contribution in [0.4, 0.5) is 5.82 Å². The van der Waals surface area contributed by atoms with Crippen molar-refractivity contribution in [2.24, 2.45) is 0 Å². The van der Waals surface area contributed by atoms with Crippen LogP contribution in [-0.2, 0) is 4.74 Å². The Labute approximate surface area is 106 Å². The zero-order chi connectivity index (χ0) is 13.0. The molecule has 0 amide bonds. The van der Waals surface area contributed by atoms with E-state index >= 15 is 0 Å². The topological polar surface area (TPSA) is 67.4 Å². The molecule has 1 N–H and O–H groups in total. The molecule has 1 aromatic rings. The maximum atomic E-state index is 11.4. The highest BCUT2D eigenvalue weighted by Crippen LogP contribution is 2.16. The first-order chi connectivity index (χ1) is 8.76. The summed E-state index contributed by atoms with van der Waals surface area (Å²) < 4.78 is 4.64. The van der Waals surface area contributed by atoms with Crippen molar-refractivity contribution in [2.45, 2.75) is 19.4 Å². The van der Waals surface area contributed by atoms with Crippen LogP contribution in [0, 0.1) is 0 Å². The van der Waals surface area contributed by atoms with Crippen LogP contribution in [0.1, 0.15) is 24.0 Å². The van der Waals surface area contributed by atoms with Gasteiger partial charge in [-0.05, 0) is 12.5 Å². The van der Waals surface area contributed by atoms with Gasteiger partial charge in [0.15, 0.2) is 0 Å². The molecule has 6 nitrogen and oxygen atoms in total. The van der Waals surface area contributed by atoms with Crippen LogP contribution in [0.5, 0.6) is 0 Å². The number of hydrogen-bond donors (Lipinski definition) is 1. The van der Waals surface area contributed by atoms with Gasteiger partial charge in [-0.2, -0.15) is 0 Å². The van der Waals surface area contributed by atoms with E-state index in [1.807, 2.05) is 6.07 Å². The Kier molecular flexibility index (Phi) is 4.09. The van der Waals surface area contributed by atoms with Gasteiger partial charge in [0, 0.05) is 25.8 Å². The lowest BCUT2D eigenvalue weighted by atomic mass is 10.1. The fraction of sp³-hybridized carbons (Fsp3) is 0.583. The number of hydrogen-bond acceptors (Lipinski definition) is 6. The first-order valence-corrected chi connectivity index (χ1v) is 6.15. The van der Waals surface area contributed by atoms with E-state index in [0.29, 0.717) is 6.04 Å². The van der Waals surface area contributed by atoms with Gasteiger partial charge in [-0.25, -0.2) is 14.8 Å². The number of esters is 1. The summed E-state index contributed by atoms with van der Waals surface area (Å²) in [7, 11) is 1.33. The highest BCUT2D eigenvalue weighted by molar-refractivity contribution is 5.85. The van der Waals surface area contributed by atoms with Gasteiger partial charge in [0.2, 0.25) is 5.82 Å². The summed E-state index contributed by atoms with van der Waals surface area (Å²) in [6, 6.07) is 2.28. The average Bonchev–Trinajstić information content (AvgIpc) is 2.35. The zero-order valence-electron chi connectivity index (χ0n) is 10.7. The van der Waals surface area contributed by atoms with Crippen molar-refractivity contribution in [3.8, 4) is 0 Å². The summed E-state index contributed by atoms with van der Waals surface area (Å²) in [6.45, 7) is 4.96. The second-order valence-corrected chi connectivity index (χ2v) is 4.24. The van der Waals surface area contributed by atoms with E-state index in [4.69, 9.17) is 0 Å². The summed E-state index contributed by atoms with van der Waals surface area (Å²) in [5, 5.41) is 3.24. The molecule has 1 aliphatic rings. The van der Waals surface area contributed by atoms with Gasteiger partial charge in [-0.15, -0.1) is 0 Å². The number of ether oxygens (including phenoxy) is 1. The standard InChI is InChI=1S/C12H18N4O2/c1-3-6-16(9-7-13-8-9)10-4-5-14-11(15-10)12(17)18-2/h4-5,9,13H,3,6-8H2,1-2H3. The number of rotatable bonds is 5. The van der Waals surface area contributed by atoms with Crippen LogP contribution in [-0.4, -0.2) is 48.7 Å². The summed E-state index contributed by atoms with van der Waals surface area (Å²) in [4.78, 5) is 21.8. The van der Waals surface area contributed by atoms with Crippen molar-refractivity contribution >= 4 is 11.8 Å². The van der Waals surface area contributed by atoms with E-state index in [0.717, 1.165) is 31.9 Å². The molecule has 0 aromatic carbocycles. The average molecular weight is 250 g/mol. The second kappa shape index (κ2) is 5.77. The summed E-state index contributed by atoms with van der Waals surface area (Å²) >= 11 is 0. The fourth-order valence-electron chi connectivity index (χ4n) is 1.92. The number of carbonyl (C=O) groups is 1. The number of carbonyl (C=O) groups excluding carboxylic acids is 1. The van der Waals surface area contributed by atoms with Gasteiger partial charge in [-0.3, -0.25) is 0 Å². The SMILES string of the molecule is CCCN(c1ccnc(C(=O)OC)n1)C1CNC1. The highest BCUT2D eigenvalue weighted by Gasteiger charge is 2.25. The van der Waals surface area contributed by atoms with Gasteiger partial charge in [0.05, 0.1) is 13.2 Å². The summed E-state index contributed by atoms with van der Waals surface area (Å²) in [6.07, 6.45) is 2.64. The van der Waals surface area contributed by atoms with Crippen molar-refractivity contribution in [1.29, 1.82) is 0 Å². The number of methoxy groups -OCH3 is 1. The largest absolute Gasteiger partial charge is 0.463 e. The molecule has 2 heterocycles. The van der Waals surface area contributed by atoms with Crippen LogP contribution < -0.4 is 10.2 Å². The quantitative estimate of drug-likeness (QED) is 0.765. The van der Waals surface area contributed by atoms with Crippen molar-refractivity contribution < 1.29 is 9.53 Å². The van der Waals surface area contributed by atoms with E-state index in [1.54, 1.807) is 6.20 Å². The van der Waals surface area contributed by atoms with Crippen LogP contribution in [0.25, 0.3) is 0 Å². The van der Waals surface area contributed by atoms with Gasteiger partial charge in [0.1, 0.15) is 5.82 Å². The highest BCUT2D eigenvalue weighted by atomic mass is 16.5. The lowest BCUT2D eigenvalue weighted by Gasteiger charge is -2.39. The molecule has 0 aliphatic carbocycles.